The summed E-state index contributed by atoms with van der Waals surface area (Å²) >= 11 is 0. The number of hydrogen-bond donors (Lipinski definition) is 3. The molecule has 0 aromatic heterocycles. The van der Waals surface area contributed by atoms with Crippen LogP contribution < -0.4 is 10.6 Å². The van der Waals surface area contributed by atoms with Gasteiger partial charge in [0.15, 0.2) is 0 Å². The minimum atomic E-state index is -0.263. The summed E-state index contributed by atoms with van der Waals surface area (Å²) in [5, 5.41) is 14.1. The Balaban J connectivity index is 1.77. The third-order valence-electron chi connectivity index (χ3n) is 3.88. The lowest BCUT2D eigenvalue weighted by Crippen LogP contribution is -2.07. The molecule has 0 amide bonds. The van der Waals surface area contributed by atoms with E-state index in [-0.39, 0.29) is 5.82 Å². The molecule has 3 rings (SSSR count). The maximum absolute atomic E-state index is 14.0. The molecule has 3 N–H and O–H groups in total. The van der Waals surface area contributed by atoms with Crippen molar-refractivity contribution in [2.24, 2.45) is 11.8 Å². The first-order valence-electron chi connectivity index (χ1n) is 7.21. The highest BCUT2D eigenvalue weighted by atomic mass is 19.1. The summed E-state index contributed by atoms with van der Waals surface area (Å²) in [5.41, 5.74) is 2.94. The molecular weight excluding hydrogens is 253 g/mol. The van der Waals surface area contributed by atoms with E-state index in [1.165, 1.54) is 6.07 Å². The van der Waals surface area contributed by atoms with Crippen molar-refractivity contribution in [2.75, 3.05) is 17.7 Å². The van der Waals surface area contributed by atoms with E-state index < -0.39 is 0 Å². The molecule has 2 fully saturated rings. The average molecular weight is 273 g/mol. The normalized spacial score (nSPS) is 18.8. The summed E-state index contributed by atoms with van der Waals surface area (Å²) in [5.74, 6) is 0.640. The third-order valence-corrected chi connectivity index (χ3v) is 3.88. The number of anilines is 2. The molecular formula is C16H20FN3. The molecule has 3 nitrogen and oxygen atoms in total. The van der Waals surface area contributed by atoms with E-state index in [4.69, 9.17) is 5.41 Å². The van der Waals surface area contributed by atoms with Gasteiger partial charge in [-0.05, 0) is 55.9 Å². The molecule has 2 aliphatic rings. The molecule has 0 bridgehead atoms. The fourth-order valence-corrected chi connectivity index (χ4v) is 2.26. The molecule has 20 heavy (non-hydrogen) atoms. The van der Waals surface area contributed by atoms with Gasteiger partial charge in [-0.25, -0.2) is 4.39 Å². The number of allylic oxidation sites excluding steroid dienone is 2. The minimum Gasteiger partial charge on any atom is -0.388 e. The van der Waals surface area contributed by atoms with Crippen LogP contribution in [0.5, 0.6) is 0 Å². The standard InChI is InChI=1S/C16H20FN3/c1-19-12-6-7-15(13(17)8-12)20-16(11-4-5-11)9-14(18)10-2-3-10/h6-11,18-20H,2-5H2,1H3/b16-9-,18-14?. The lowest BCUT2D eigenvalue weighted by molar-refractivity contribution is 0.631. The van der Waals surface area contributed by atoms with E-state index in [0.717, 1.165) is 37.1 Å². The van der Waals surface area contributed by atoms with Crippen LogP contribution in [0.1, 0.15) is 25.7 Å². The Kier molecular flexibility index (Phi) is 3.47. The molecule has 0 saturated heterocycles. The highest BCUT2D eigenvalue weighted by Crippen LogP contribution is 2.39. The first kappa shape index (κ1) is 13.2. The van der Waals surface area contributed by atoms with Crippen LogP contribution in [0, 0.1) is 23.1 Å². The fourth-order valence-electron chi connectivity index (χ4n) is 2.26. The van der Waals surface area contributed by atoms with E-state index in [0.29, 0.717) is 23.2 Å². The molecule has 0 atom stereocenters. The van der Waals surface area contributed by atoms with Gasteiger partial charge in [-0.15, -0.1) is 0 Å². The number of rotatable bonds is 6. The molecule has 1 aromatic carbocycles. The lowest BCUT2D eigenvalue weighted by Gasteiger charge is -2.12. The van der Waals surface area contributed by atoms with E-state index in [1.807, 2.05) is 12.1 Å². The SMILES string of the molecule is CNc1ccc(N/C(=C\C(=N)C2CC2)C2CC2)c(F)c1. The van der Waals surface area contributed by atoms with Crippen molar-refractivity contribution in [3.05, 3.63) is 35.8 Å². The highest BCUT2D eigenvalue weighted by Gasteiger charge is 2.30. The van der Waals surface area contributed by atoms with E-state index >= 15 is 0 Å². The van der Waals surface area contributed by atoms with Gasteiger partial charge in [0.05, 0.1) is 5.69 Å². The Morgan fingerprint density at radius 1 is 1.25 bits per heavy atom. The van der Waals surface area contributed by atoms with Gasteiger partial charge in [-0.3, -0.25) is 0 Å². The van der Waals surface area contributed by atoms with Gasteiger partial charge in [-0.1, -0.05) is 0 Å². The van der Waals surface area contributed by atoms with Crippen molar-refractivity contribution in [3.8, 4) is 0 Å². The topological polar surface area (TPSA) is 47.9 Å². The number of nitrogens with one attached hydrogen (secondary N) is 3. The van der Waals surface area contributed by atoms with Crippen LogP contribution in [0.15, 0.2) is 30.0 Å². The second-order valence-electron chi connectivity index (χ2n) is 5.67. The average Bonchev–Trinajstić information content (AvgIpc) is 3.31. The van der Waals surface area contributed by atoms with E-state index in [1.54, 1.807) is 13.1 Å². The van der Waals surface area contributed by atoms with E-state index in [2.05, 4.69) is 10.6 Å². The van der Waals surface area contributed by atoms with Crippen molar-refractivity contribution in [3.63, 3.8) is 0 Å². The quantitative estimate of drug-likeness (QED) is 0.686. The molecule has 0 heterocycles. The predicted molar refractivity (Wildman–Crippen MR) is 80.8 cm³/mol. The molecule has 2 aliphatic carbocycles. The molecule has 0 aliphatic heterocycles. The van der Waals surface area contributed by atoms with Crippen LogP contribution >= 0.6 is 0 Å². The molecule has 106 valence electrons. The Hall–Kier alpha value is -1.84. The zero-order valence-corrected chi connectivity index (χ0v) is 11.7. The largest absolute Gasteiger partial charge is 0.388 e. The molecule has 2 saturated carbocycles. The Bertz CT molecular complexity index is 557. The summed E-state index contributed by atoms with van der Waals surface area (Å²) in [6.45, 7) is 0. The van der Waals surface area contributed by atoms with Crippen LogP contribution in [0.4, 0.5) is 15.8 Å². The van der Waals surface area contributed by atoms with Gasteiger partial charge >= 0.3 is 0 Å². The lowest BCUT2D eigenvalue weighted by atomic mass is 10.1. The predicted octanol–water partition coefficient (Wildman–Crippen LogP) is 4.00. The summed E-state index contributed by atoms with van der Waals surface area (Å²) in [6, 6.07) is 5.08. The molecule has 0 radical (unpaired) electrons. The summed E-state index contributed by atoms with van der Waals surface area (Å²) < 4.78 is 14.0. The number of benzene rings is 1. The first-order chi connectivity index (χ1) is 9.67. The molecule has 0 unspecified atom stereocenters. The number of hydrogen-bond acceptors (Lipinski definition) is 3. The van der Waals surface area contributed by atoms with Crippen molar-refractivity contribution < 1.29 is 4.39 Å². The van der Waals surface area contributed by atoms with Crippen LogP contribution in [-0.2, 0) is 0 Å². The number of halogens is 1. The third kappa shape index (κ3) is 3.00. The maximum atomic E-state index is 14.0. The van der Waals surface area contributed by atoms with E-state index in [9.17, 15) is 4.39 Å². The van der Waals surface area contributed by atoms with Gasteiger partial charge in [0.1, 0.15) is 5.82 Å². The van der Waals surface area contributed by atoms with Crippen LogP contribution in [0.25, 0.3) is 0 Å². The second kappa shape index (κ2) is 5.27. The van der Waals surface area contributed by atoms with Gasteiger partial charge < -0.3 is 16.0 Å². The zero-order valence-electron chi connectivity index (χ0n) is 11.7. The van der Waals surface area contributed by atoms with Crippen molar-refractivity contribution in [1.29, 1.82) is 5.41 Å². The maximum Gasteiger partial charge on any atom is 0.148 e. The van der Waals surface area contributed by atoms with Gasteiger partial charge in [0, 0.05) is 30.1 Å². The highest BCUT2D eigenvalue weighted by molar-refractivity contribution is 5.96. The molecule has 1 aromatic rings. The molecule has 0 spiro atoms. The smallest absolute Gasteiger partial charge is 0.148 e. The Morgan fingerprint density at radius 2 is 1.95 bits per heavy atom. The zero-order chi connectivity index (χ0) is 14.1. The summed E-state index contributed by atoms with van der Waals surface area (Å²) in [6.07, 6.45) is 6.43. The van der Waals surface area contributed by atoms with Crippen molar-refractivity contribution in [2.45, 2.75) is 25.7 Å². The van der Waals surface area contributed by atoms with Gasteiger partial charge in [0.2, 0.25) is 0 Å². The van der Waals surface area contributed by atoms with Crippen LogP contribution in [0.2, 0.25) is 0 Å². The van der Waals surface area contributed by atoms with Crippen LogP contribution in [-0.4, -0.2) is 12.8 Å². The Labute approximate surface area is 118 Å². The Morgan fingerprint density at radius 3 is 2.50 bits per heavy atom. The summed E-state index contributed by atoms with van der Waals surface area (Å²) in [7, 11) is 1.77. The van der Waals surface area contributed by atoms with Crippen LogP contribution in [0.3, 0.4) is 0 Å². The first-order valence-corrected chi connectivity index (χ1v) is 7.21. The van der Waals surface area contributed by atoms with Gasteiger partial charge in [0.25, 0.3) is 0 Å². The van der Waals surface area contributed by atoms with Crippen molar-refractivity contribution in [1.82, 2.24) is 0 Å². The minimum absolute atomic E-state index is 0.263. The second-order valence-corrected chi connectivity index (χ2v) is 5.67. The molecule has 4 heteroatoms. The summed E-state index contributed by atoms with van der Waals surface area (Å²) in [4.78, 5) is 0. The monoisotopic (exact) mass is 273 g/mol. The van der Waals surface area contributed by atoms with Crippen molar-refractivity contribution >= 4 is 17.1 Å². The fraction of sp³-hybridized carbons (Fsp3) is 0.438. The van der Waals surface area contributed by atoms with Gasteiger partial charge in [-0.2, -0.15) is 0 Å².